The van der Waals surface area contributed by atoms with Gasteiger partial charge in [0.2, 0.25) is 0 Å². The number of nitrogens with zero attached hydrogens (tertiary/aromatic N) is 4. The van der Waals surface area contributed by atoms with E-state index < -0.39 is 0 Å². The van der Waals surface area contributed by atoms with Crippen molar-refractivity contribution in [3.63, 3.8) is 0 Å². The molecule has 30 heavy (non-hydrogen) atoms. The van der Waals surface area contributed by atoms with E-state index in [0.29, 0.717) is 12.1 Å². The van der Waals surface area contributed by atoms with Crippen molar-refractivity contribution in [3.05, 3.63) is 108 Å². The van der Waals surface area contributed by atoms with Crippen molar-refractivity contribution in [3.8, 4) is 11.3 Å². The number of amides is 1. The monoisotopic (exact) mass is 395 g/mol. The molecule has 6 heteroatoms. The van der Waals surface area contributed by atoms with Gasteiger partial charge in [-0.2, -0.15) is 10.2 Å². The Hall–Kier alpha value is -4.06. The fourth-order valence-electron chi connectivity index (χ4n) is 3.16. The zero-order valence-corrected chi connectivity index (χ0v) is 16.6. The molecule has 1 N–H and O–H groups in total. The predicted octanol–water partition coefficient (Wildman–Crippen LogP) is 4.07. The topological polar surface area (TPSA) is 72.2 Å². The Morgan fingerprint density at radius 1 is 1.07 bits per heavy atom. The van der Waals surface area contributed by atoms with E-state index in [4.69, 9.17) is 5.10 Å². The molecule has 2 heterocycles. The number of hydrogen-bond acceptors (Lipinski definition) is 4. The average molecular weight is 395 g/mol. The molecule has 0 radical (unpaired) electrons. The maximum atomic E-state index is 12.4. The molecule has 0 atom stereocenters. The van der Waals surface area contributed by atoms with Crippen LogP contribution in [-0.4, -0.2) is 26.9 Å². The number of hydrazone groups is 1. The number of benzene rings is 2. The van der Waals surface area contributed by atoms with E-state index in [1.165, 1.54) is 0 Å². The number of aryl methyl sites for hydroxylation is 1. The van der Waals surface area contributed by atoms with Crippen molar-refractivity contribution in [1.29, 1.82) is 0 Å². The number of nitrogens with one attached hydrogen (secondary N) is 1. The Labute approximate surface area is 174 Å². The first-order valence-corrected chi connectivity index (χ1v) is 9.61. The molecule has 4 rings (SSSR count). The van der Waals surface area contributed by atoms with Crippen molar-refractivity contribution >= 4 is 12.1 Å². The van der Waals surface area contributed by atoms with E-state index in [9.17, 15) is 4.79 Å². The second-order valence-electron chi connectivity index (χ2n) is 6.87. The van der Waals surface area contributed by atoms with Crippen LogP contribution in [0.3, 0.4) is 0 Å². The van der Waals surface area contributed by atoms with Crippen molar-refractivity contribution < 1.29 is 4.79 Å². The summed E-state index contributed by atoms with van der Waals surface area (Å²) in [5.41, 5.74) is 7.69. The van der Waals surface area contributed by atoms with E-state index in [1.54, 1.807) is 24.7 Å². The van der Waals surface area contributed by atoms with Crippen LogP contribution in [0.2, 0.25) is 0 Å². The van der Waals surface area contributed by atoms with Gasteiger partial charge < -0.3 is 0 Å². The van der Waals surface area contributed by atoms with Crippen molar-refractivity contribution in [1.82, 2.24) is 20.2 Å². The lowest BCUT2D eigenvalue weighted by molar-refractivity contribution is 0.0954. The zero-order chi connectivity index (χ0) is 20.8. The van der Waals surface area contributed by atoms with E-state index >= 15 is 0 Å². The van der Waals surface area contributed by atoms with Gasteiger partial charge >= 0.3 is 0 Å². The Balaban J connectivity index is 1.58. The highest BCUT2D eigenvalue weighted by atomic mass is 16.2. The van der Waals surface area contributed by atoms with Crippen LogP contribution in [-0.2, 0) is 6.54 Å². The second kappa shape index (κ2) is 8.96. The molecule has 0 aliphatic heterocycles. The highest BCUT2D eigenvalue weighted by molar-refractivity contribution is 5.96. The lowest BCUT2D eigenvalue weighted by Crippen LogP contribution is -2.18. The number of rotatable bonds is 6. The van der Waals surface area contributed by atoms with Crippen molar-refractivity contribution in [2.24, 2.45) is 5.10 Å². The predicted molar refractivity (Wildman–Crippen MR) is 117 cm³/mol. The first kappa shape index (κ1) is 19.3. The first-order chi connectivity index (χ1) is 14.7. The Morgan fingerprint density at radius 3 is 2.63 bits per heavy atom. The summed E-state index contributed by atoms with van der Waals surface area (Å²) in [6, 6.07) is 21.3. The van der Waals surface area contributed by atoms with Crippen LogP contribution in [0.25, 0.3) is 11.3 Å². The summed E-state index contributed by atoms with van der Waals surface area (Å²) in [7, 11) is 0. The molecular formula is C24H21N5O. The Morgan fingerprint density at radius 2 is 1.87 bits per heavy atom. The van der Waals surface area contributed by atoms with Gasteiger partial charge in [0.1, 0.15) is 5.69 Å². The minimum atomic E-state index is -0.246. The molecule has 0 fully saturated rings. The fourth-order valence-corrected chi connectivity index (χ4v) is 3.16. The van der Waals surface area contributed by atoms with Gasteiger partial charge in [-0.1, -0.05) is 48.5 Å². The maximum absolute atomic E-state index is 12.4. The summed E-state index contributed by atoms with van der Waals surface area (Å²) in [5, 5.41) is 8.89. The van der Waals surface area contributed by atoms with Crippen molar-refractivity contribution in [2.75, 3.05) is 0 Å². The number of pyridine rings is 1. The minimum absolute atomic E-state index is 0.246. The first-order valence-electron chi connectivity index (χ1n) is 9.61. The largest absolute Gasteiger partial charge is 0.271 e. The fraction of sp³-hybridized carbons (Fsp3) is 0.0833. The molecule has 2 aromatic heterocycles. The van der Waals surface area contributed by atoms with Crippen LogP contribution >= 0.6 is 0 Å². The van der Waals surface area contributed by atoms with Crippen LogP contribution in [0.15, 0.2) is 90.4 Å². The molecule has 2 aromatic carbocycles. The Bertz CT molecular complexity index is 1170. The van der Waals surface area contributed by atoms with Gasteiger partial charge in [-0.25, -0.2) is 5.43 Å². The minimum Gasteiger partial charge on any atom is -0.267 e. The average Bonchev–Trinajstić information content (AvgIpc) is 3.17. The van der Waals surface area contributed by atoms with Gasteiger partial charge in [0, 0.05) is 35.3 Å². The lowest BCUT2D eigenvalue weighted by Gasteiger charge is -2.03. The van der Waals surface area contributed by atoms with Crippen molar-refractivity contribution in [2.45, 2.75) is 13.5 Å². The molecule has 0 bridgehead atoms. The van der Waals surface area contributed by atoms with Crippen LogP contribution in [0.4, 0.5) is 0 Å². The smallest absolute Gasteiger partial charge is 0.267 e. The number of aromatic nitrogens is 3. The molecule has 0 saturated carbocycles. The van der Waals surface area contributed by atoms with Gasteiger partial charge in [0.05, 0.1) is 12.8 Å². The third-order valence-corrected chi connectivity index (χ3v) is 4.67. The van der Waals surface area contributed by atoms with Crippen LogP contribution in [0.1, 0.15) is 27.0 Å². The molecule has 148 valence electrons. The Kier molecular flexibility index (Phi) is 5.75. The SMILES string of the molecule is Cc1ccccc1C(=O)N/N=C\c1cn(Cc2ccccc2)nc1-c1cccnc1. The molecule has 0 unspecified atom stereocenters. The summed E-state index contributed by atoms with van der Waals surface area (Å²) in [4.78, 5) is 16.6. The molecule has 0 aliphatic carbocycles. The van der Waals surface area contributed by atoms with Gasteiger partial charge in [-0.15, -0.1) is 0 Å². The summed E-state index contributed by atoms with van der Waals surface area (Å²) < 4.78 is 1.86. The van der Waals surface area contributed by atoms with Crippen LogP contribution in [0.5, 0.6) is 0 Å². The van der Waals surface area contributed by atoms with Crippen LogP contribution < -0.4 is 5.43 Å². The summed E-state index contributed by atoms with van der Waals surface area (Å²) in [5.74, 6) is -0.246. The summed E-state index contributed by atoms with van der Waals surface area (Å²) in [6.45, 7) is 2.53. The highest BCUT2D eigenvalue weighted by Crippen LogP contribution is 2.20. The number of carbonyl (C=O) groups is 1. The standard InChI is InChI=1S/C24H21N5O/c1-18-8-5-6-12-22(18)24(30)27-26-15-21-17-29(16-19-9-3-2-4-10-19)28-23(21)20-11-7-13-25-14-20/h2-15,17H,16H2,1H3,(H,27,30)/b26-15-. The van der Waals surface area contributed by atoms with Gasteiger partial charge in [-0.05, 0) is 36.2 Å². The molecule has 0 saturated heterocycles. The normalized spacial score (nSPS) is 11.0. The summed E-state index contributed by atoms with van der Waals surface area (Å²) in [6.07, 6.45) is 7.02. The van der Waals surface area contributed by atoms with E-state index in [2.05, 4.69) is 27.6 Å². The number of hydrogen-bond donors (Lipinski definition) is 1. The number of carbonyl (C=O) groups excluding carboxylic acids is 1. The third-order valence-electron chi connectivity index (χ3n) is 4.67. The lowest BCUT2D eigenvalue weighted by atomic mass is 10.1. The second-order valence-corrected chi connectivity index (χ2v) is 6.87. The van der Waals surface area contributed by atoms with Crippen LogP contribution in [0, 0.1) is 6.92 Å². The molecule has 4 aromatic rings. The third kappa shape index (κ3) is 4.50. The molecular weight excluding hydrogens is 374 g/mol. The van der Waals surface area contributed by atoms with E-state index in [-0.39, 0.29) is 5.91 Å². The molecule has 0 aliphatic rings. The van der Waals surface area contributed by atoms with Gasteiger partial charge in [0.25, 0.3) is 5.91 Å². The van der Waals surface area contributed by atoms with E-state index in [0.717, 1.165) is 27.9 Å². The molecule has 6 nitrogen and oxygen atoms in total. The maximum Gasteiger partial charge on any atom is 0.271 e. The zero-order valence-electron chi connectivity index (χ0n) is 16.6. The van der Waals surface area contributed by atoms with Gasteiger partial charge in [0.15, 0.2) is 0 Å². The quantitative estimate of drug-likeness (QED) is 0.395. The summed E-state index contributed by atoms with van der Waals surface area (Å²) >= 11 is 0. The highest BCUT2D eigenvalue weighted by Gasteiger charge is 2.11. The molecule has 0 spiro atoms. The van der Waals surface area contributed by atoms with Gasteiger partial charge in [-0.3, -0.25) is 14.5 Å². The van der Waals surface area contributed by atoms with E-state index in [1.807, 2.05) is 66.3 Å². The molecule has 1 amide bonds.